The maximum absolute atomic E-state index is 11.7. The summed E-state index contributed by atoms with van der Waals surface area (Å²) in [5.41, 5.74) is 0. The van der Waals surface area contributed by atoms with Crippen molar-refractivity contribution in [2.75, 3.05) is 18.3 Å². The van der Waals surface area contributed by atoms with Crippen LogP contribution in [0.2, 0.25) is 0 Å². The van der Waals surface area contributed by atoms with Crippen LogP contribution >= 0.6 is 0 Å². The lowest BCUT2D eigenvalue weighted by Gasteiger charge is -2.13. The first-order chi connectivity index (χ1) is 8.11. The molecule has 1 amide bonds. The van der Waals surface area contributed by atoms with Crippen LogP contribution in [-0.2, 0) is 25.1 Å². The van der Waals surface area contributed by atoms with Crippen molar-refractivity contribution < 1.29 is 36.8 Å². The van der Waals surface area contributed by atoms with Crippen molar-refractivity contribution in [2.45, 2.75) is 19.1 Å². The number of hydrogen-bond donors (Lipinski definition) is 2. The molecule has 0 rings (SSSR count). The van der Waals surface area contributed by atoms with Gasteiger partial charge in [0.05, 0.1) is 16.6 Å². The Morgan fingerprint density at radius 2 is 2.00 bits per heavy atom. The lowest BCUT2D eigenvalue weighted by molar-refractivity contribution is -0.169. The number of ether oxygens (including phenoxy) is 1. The smallest absolute Gasteiger partial charge is 0.411 e. The number of carboxylic acids is 1. The van der Waals surface area contributed by atoms with E-state index in [2.05, 4.69) is 4.74 Å². The fourth-order valence-corrected chi connectivity index (χ4v) is 1.87. The Labute approximate surface area is 103 Å². The SMILES string of the molecule is CC(=O)N[C@@H](CS(=O)COCC(F)(F)F)C(=O)O. The number of rotatable bonds is 7. The summed E-state index contributed by atoms with van der Waals surface area (Å²) in [6, 6.07) is -1.42. The summed E-state index contributed by atoms with van der Waals surface area (Å²) in [6.45, 7) is -0.490. The second kappa shape index (κ2) is 7.31. The van der Waals surface area contributed by atoms with Gasteiger partial charge >= 0.3 is 12.1 Å². The van der Waals surface area contributed by atoms with Crippen molar-refractivity contribution in [3.63, 3.8) is 0 Å². The Hall–Kier alpha value is -1.16. The molecule has 0 aliphatic carbocycles. The molecule has 2 atom stereocenters. The number of carbonyl (C=O) groups is 2. The number of carbonyl (C=O) groups excluding carboxylic acids is 1. The Balaban J connectivity index is 4.11. The van der Waals surface area contributed by atoms with E-state index in [1.165, 1.54) is 0 Å². The molecule has 10 heteroatoms. The van der Waals surface area contributed by atoms with Crippen LogP contribution in [0.4, 0.5) is 13.2 Å². The van der Waals surface area contributed by atoms with Gasteiger partial charge in [0.2, 0.25) is 5.91 Å². The predicted molar refractivity (Wildman–Crippen MR) is 55.1 cm³/mol. The summed E-state index contributed by atoms with van der Waals surface area (Å²) in [6.07, 6.45) is -4.53. The van der Waals surface area contributed by atoms with Crippen molar-refractivity contribution in [3.8, 4) is 0 Å². The topological polar surface area (TPSA) is 92.7 Å². The lowest BCUT2D eigenvalue weighted by Crippen LogP contribution is -2.43. The molecule has 1 unspecified atom stereocenters. The van der Waals surface area contributed by atoms with Gasteiger partial charge in [-0.15, -0.1) is 0 Å². The number of halogens is 3. The van der Waals surface area contributed by atoms with Gasteiger partial charge in [0, 0.05) is 6.92 Å². The zero-order chi connectivity index (χ0) is 14.3. The fourth-order valence-electron chi connectivity index (χ4n) is 0.904. The Kier molecular flexibility index (Phi) is 6.84. The van der Waals surface area contributed by atoms with Crippen molar-refractivity contribution in [1.82, 2.24) is 5.32 Å². The van der Waals surface area contributed by atoms with E-state index in [1.54, 1.807) is 0 Å². The molecule has 0 aromatic carbocycles. The Bertz CT molecular complexity index is 333. The zero-order valence-corrected chi connectivity index (χ0v) is 10.1. The van der Waals surface area contributed by atoms with Crippen molar-refractivity contribution in [3.05, 3.63) is 0 Å². The van der Waals surface area contributed by atoms with Gasteiger partial charge in [-0.2, -0.15) is 13.2 Å². The molecule has 0 spiro atoms. The molecular weight excluding hydrogens is 279 g/mol. The molecule has 0 heterocycles. The summed E-state index contributed by atoms with van der Waals surface area (Å²) in [7, 11) is -1.94. The van der Waals surface area contributed by atoms with Crippen molar-refractivity contribution >= 4 is 22.7 Å². The molecule has 0 saturated heterocycles. The van der Waals surface area contributed by atoms with E-state index < -0.39 is 53.2 Å². The molecule has 106 valence electrons. The van der Waals surface area contributed by atoms with Crippen molar-refractivity contribution in [1.29, 1.82) is 0 Å². The third-order valence-electron chi connectivity index (χ3n) is 1.51. The molecule has 0 radical (unpaired) electrons. The number of amides is 1. The summed E-state index contributed by atoms with van der Waals surface area (Å²) < 4.78 is 50.4. The molecule has 0 bridgehead atoms. The van der Waals surface area contributed by atoms with Crippen LogP contribution in [0.1, 0.15) is 6.92 Å². The third kappa shape index (κ3) is 8.93. The van der Waals surface area contributed by atoms with Crippen LogP contribution in [0, 0.1) is 0 Å². The second-order valence-electron chi connectivity index (χ2n) is 3.28. The molecule has 0 fully saturated rings. The Morgan fingerprint density at radius 3 is 2.39 bits per heavy atom. The monoisotopic (exact) mass is 291 g/mol. The first-order valence-corrected chi connectivity index (χ1v) is 6.10. The normalized spacial score (nSPS) is 14.9. The van der Waals surface area contributed by atoms with E-state index in [0.717, 1.165) is 6.92 Å². The van der Waals surface area contributed by atoms with E-state index in [9.17, 15) is 27.0 Å². The fraction of sp³-hybridized carbons (Fsp3) is 0.750. The predicted octanol–water partition coefficient (Wildman–Crippen LogP) is -0.139. The molecule has 0 aliphatic rings. The van der Waals surface area contributed by atoms with E-state index in [-0.39, 0.29) is 0 Å². The summed E-state index contributed by atoms with van der Waals surface area (Å²) in [4.78, 5) is 21.3. The molecule has 2 N–H and O–H groups in total. The van der Waals surface area contributed by atoms with Gasteiger partial charge in [-0.05, 0) is 0 Å². The maximum Gasteiger partial charge on any atom is 0.411 e. The van der Waals surface area contributed by atoms with Crippen molar-refractivity contribution in [2.24, 2.45) is 0 Å². The van der Waals surface area contributed by atoms with E-state index in [1.807, 2.05) is 5.32 Å². The van der Waals surface area contributed by atoms with Gasteiger partial charge in [0.15, 0.2) is 0 Å². The van der Waals surface area contributed by atoms with Crippen LogP contribution in [0.15, 0.2) is 0 Å². The zero-order valence-electron chi connectivity index (χ0n) is 9.32. The number of aliphatic carboxylic acids is 1. The molecule has 0 aromatic heterocycles. The van der Waals surface area contributed by atoms with E-state index >= 15 is 0 Å². The minimum atomic E-state index is -4.53. The first kappa shape index (κ1) is 16.8. The Morgan fingerprint density at radius 1 is 1.44 bits per heavy atom. The first-order valence-electron chi connectivity index (χ1n) is 4.61. The molecular formula is C8H12F3NO5S. The quantitative estimate of drug-likeness (QED) is 0.681. The van der Waals surface area contributed by atoms with Crippen LogP contribution in [0.5, 0.6) is 0 Å². The molecule has 6 nitrogen and oxygen atoms in total. The van der Waals surface area contributed by atoms with Gasteiger partial charge in [0.25, 0.3) is 0 Å². The highest BCUT2D eigenvalue weighted by Gasteiger charge is 2.28. The van der Waals surface area contributed by atoms with Crippen LogP contribution < -0.4 is 5.32 Å². The van der Waals surface area contributed by atoms with Gasteiger partial charge in [-0.1, -0.05) is 0 Å². The summed E-state index contributed by atoms with van der Waals surface area (Å²) in [5, 5.41) is 10.7. The van der Waals surface area contributed by atoms with E-state index in [0.29, 0.717) is 0 Å². The standard InChI is InChI=1S/C8H12F3NO5S/c1-5(13)12-6(7(14)15)2-18(16)4-17-3-8(9,10)11/h6H,2-4H2,1H3,(H,12,13)(H,14,15)/t6-,18?/m0/s1. The number of nitrogens with one attached hydrogen (secondary N) is 1. The second-order valence-corrected chi connectivity index (χ2v) is 4.73. The number of carboxylic acid groups (broad SMARTS) is 1. The van der Waals surface area contributed by atoms with E-state index in [4.69, 9.17) is 5.11 Å². The molecule has 0 aliphatic heterocycles. The molecule has 0 aromatic rings. The van der Waals surface area contributed by atoms with Gasteiger partial charge in [-0.25, -0.2) is 4.79 Å². The van der Waals surface area contributed by atoms with Crippen LogP contribution in [0.25, 0.3) is 0 Å². The number of alkyl halides is 3. The van der Waals surface area contributed by atoms with Crippen LogP contribution in [-0.4, -0.2) is 51.7 Å². The summed E-state index contributed by atoms with van der Waals surface area (Å²) in [5.74, 6) is -3.33. The third-order valence-corrected chi connectivity index (χ3v) is 2.64. The maximum atomic E-state index is 11.7. The highest BCUT2D eigenvalue weighted by atomic mass is 32.2. The largest absolute Gasteiger partial charge is 0.480 e. The van der Waals surface area contributed by atoms with Gasteiger partial charge < -0.3 is 15.2 Å². The van der Waals surface area contributed by atoms with Gasteiger partial charge in [0.1, 0.15) is 18.6 Å². The molecule has 0 saturated carbocycles. The van der Waals surface area contributed by atoms with Gasteiger partial charge in [-0.3, -0.25) is 9.00 Å². The molecule has 18 heavy (non-hydrogen) atoms. The number of hydrogen-bond acceptors (Lipinski definition) is 4. The highest BCUT2D eigenvalue weighted by Crippen LogP contribution is 2.14. The average Bonchev–Trinajstić information content (AvgIpc) is 2.13. The average molecular weight is 291 g/mol. The highest BCUT2D eigenvalue weighted by molar-refractivity contribution is 7.84. The minimum absolute atomic E-state index is 0.521. The summed E-state index contributed by atoms with van der Waals surface area (Å²) >= 11 is 0. The minimum Gasteiger partial charge on any atom is -0.480 e. The van der Waals surface area contributed by atoms with Crippen LogP contribution in [0.3, 0.4) is 0 Å². The lowest BCUT2D eigenvalue weighted by atomic mass is 10.3.